The highest BCUT2D eigenvalue weighted by molar-refractivity contribution is 7.86. The molecule has 10 heteroatoms. The van der Waals surface area contributed by atoms with E-state index in [1.54, 1.807) is 0 Å². The summed E-state index contributed by atoms with van der Waals surface area (Å²) in [4.78, 5) is 2.07. The summed E-state index contributed by atoms with van der Waals surface area (Å²) in [5.74, 6) is 0. The van der Waals surface area contributed by atoms with E-state index in [9.17, 15) is 8.42 Å². The van der Waals surface area contributed by atoms with Crippen LogP contribution in [-0.4, -0.2) is 53.4 Å². The second-order valence-electron chi connectivity index (χ2n) is 3.71. The average Bonchev–Trinajstić information content (AvgIpc) is 2.64. The molecule has 0 amide bonds. The van der Waals surface area contributed by atoms with Gasteiger partial charge in [-0.25, -0.2) is 5.14 Å². The van der Waals surface area contributed by atoms with Crippen molar-refractivity contribution in [1.29, 1.82) is 0 Å². The molecule has 1 aromatic heterocycles. The first-order valence-electron chi connectivity index (χ1n) is 4.94. The molecule has 1 aliphatic rings. The average molecular weight is 298 g/mol. The normalized spacial score (nSPS) is 19.6. The smallest absolute Gasteiger partial charge is 0.276 e. The fraction of sp³-hybridized carbons (Fsp3) is 0.714. The van der Waals surface area contributed by atoms with Crippen LogP contribution in [0.5, 0.6) is 0 Å². The summed E-state index contributed by atoms with van der Waals surface area (Å²) >= 11 is 7.05. The van der Waals surface area contributed by atoms with Crippen LogP contribution in [-0.2, 0) is 16.8 Å². The summed E-state index contributed by atoms with van der Waals surface area (Å²) in [6.07, 6.45) is 0. The lowest BCUT2D eigenvalue weighted by Crippen LogP contribution is -2.50. The molecule has 1 saturated heterocycles. The molecule has 0 aliphatic carbocycles. The molecule has 1 fully saturated rings. The molecule has 0 atom stereocenters. The number of hydrogen-bond acceptors (Lipinski definition) is 6. The minimum atomic E-state index is -3.56. The van der Waals surface area contributed by atoms with E-state index in [-0.39, 0.29) is 0 Å². The third kappa shape index (κ3) is 3.33. The first kappa shape index (κ1) is 13.1. The number of nitrogens with two attached hydrogens (primary N) is 1. The van der Waals surface area contributed by atoms with Gasteiger partial charge in [0.05, 0.1) is 0 Å². The lowest BCUT2D eigenvalue weighted by Gasteiger charge is -2.32. The molecule has 0 spiro atoms. The zero-order chi connectivity index (χ0) is 12.5. The minimum absolute atomic E-state index is 0.397. The van der Waals surface area contributed by atoms with Crippen molar-refractivity contribution in [2.75, 3.05) is 26.2 Å². The molecule has 2 heterocycles. The quantitative estimate of drug-likeness (QED) is 0.813. The van der Waals surface area contributed by atoms with Gasteiger partial charge >= 0.3 is 0 Å². The highest BCUT2D eigenvalue weighted by Crippen LogP contribution is 2.19. The molecule has 1 aliphatic heterocycles. The number of rotatable bonds is 3. The zero-order valence-electron chi connectivity index (χ0n) is 8.91. The summed E-state index contributed by atoms with van der Waals surface area (Å²) in [6, 6.07) is 0. The Hall–Kier alpha value is -0.320. The molecule has 0 bridgehead atoms. The predicted octanol–water partition coefficient (Wildman–Crippen LogP) is -0.487. The number of nitrogens with zero attached hydrogens (tertiary/aromatic N) is 4. The van der Waals surface area contributed by atoms with Gasteiger partial charge in [0.15, 0.2) is 0 Å². The fourth-order valence-corrected chi connectivity index (χ4v) is 2.93. The molecular weight excluding hydrogens is 286 g/mol. The Morgan fingerprint density at radius 2 is 2.00 bits per heavy atom. The largest absolute Gasteiger partial charge is 0.295 e. The Bertz CT molecular complexity index is 482. The maximum absolute atomic E-state index is 11.1. The van der Waals surface area contributed by atoms with Gasteiger partial charge in [0.25, 0.3) is 10.2 Å². The topological polar surface area (TPSA) is 92.4 Å². The van der Waals surface area contributed by atoms with Gasteiger partial charge in [-0.1, -0.05) is 16.1 Å². The first-order valence-corrected chi connectivity index (χ1v) is 7.59. The molecule has 1 aromatic rings. The molecule has 0 saturated carbocycles. The summed E-state index contributed by atoms with van der Waals surface area (Å²) in [5, 5.41) is 8.97. The van der Waals surface area contributed by atoms with Crippen molar-refractivity contribution < 1.29 is 8.42 Å². The molecule has 96 valence electrons. The highest BCUT2D eigenvalue weighted by atomic mass is 35.5. The molecule has 0 aromatic carbocycles. The molecule has 0 unspecified atom stereocenters. The van der Waals surface area contributed by atoms with Crippen LogP contribution in [0.2, 0.25) is 4.34 Å². The van der Waals surface area contributed by atoms with Crippen molar-refractivity contribution in [3.8, 4) is 0 Å². The molecule has 2 N–H and O–H groups in total. The van der Waals surface area contributed by atoms with Crippen LogP contribution in [0.1, 0.15) is 5.69 Å². The van der Waals surface area contributed by atoms with Crippen LogP contribution >= 0.6 is 23.1 Å². The Labute approximate surface area is 108 Å². The van der Waals surface area contributed by atoms with Crippen LogP contribution in [0.15, 0.2) is 0 Å². The first-order chi connectivity index (χ1) is 7.97. The van der Waals surface area contributed by atoms with E-state index in [0.717, 1.165) is 17.2 Å². The fourth-order valence-electron chi connectivity index (χ4n) is 1.65. The molecule has 0 radical (unpaired) electrons. The lowest BCUT2D eigenvalue weighted by atomic mass is 10.3. The predicted molar refractivity (Wildman–Crippen MR) is 64.9 cm³/mol. The van der Waals surface area contributed by atoms with Crippen LogP contribution < -0.4 is 5.14 Å². The number of aromatic nitrogens is 2. The van der Waals surface area contributed by atoms with Crippen molar-refractivity contribution >= 4 is 33.3 Å². The van der Waals surface area contributed by atoms with E-state index in [4.69, 9.17) is 16.7 Å². The summed E-state index contributed by atoms with van der Waals surface area (Å²) < 4.78 is 27.8. The van der Waals surface area contributed by atoms with E-state index in [1.165, 1.54) is 4.31 Å². The standard InChI is InChI=1S/C7H12ClN5O2S2/c8-7-6(10-11-16-7)5-12-1-3-13(4-2-12)17(9,14)15/h1-5H2,(H2,9,14,15). The maximum Gasteiger partial charge on any atom is 0.276 e. The monoisotopic (exact) mass is 297 g/mol. The van der Waals surface area contributed by atoms with Crippen molar-refractivity contribution in [2.45, 2.75) is 6.54 Å². The van der Waals surface area contributed by atoms with Crippen molar-refractivity contribution in [2.24, 2.45) is 5.14 Å². The van der Waals surface area contributed by atoms with Gasteiger partial charge in [0.2, 0.25) is 0 Å². The number of halogens is 1. The SMILES string of the molecule is NS(=O)(=O)N1CCN(Cc2nnsc2Cl)CC1. The Balaban J connectivity index is 1.90. The number of hydrogen-bond donors (Lipinski definition) is 1. The molecular formula is C7H12ClN5O2S2. The van der Waals surface area contributed by atoms with E-state index in [1.807, 2.05) is 0 Å². The third-order valence-electron chi connectivity index (χ3n) is 2.57. The van der Waals surface area contributed by atoms with Gasteiger partial charge in [-0.05, 0) is 0 Å². The molecule has 2 rings (SSSR count). The van der Waals surface area contributed by atoms with E-state index in [2.05, 4.69) is 14.5 Å². The second-order valence-corrected chi connectivity index (χ2v) is 6.62. The Morgan fingerprint density at radius 3 is 2.47 bits per heavy atom. The summed E-state index contributed by atoms with van der Waals surface area (Å²) in [6.45, 7) is 2.62. The lowest BCUT2D eigenvalue weighted by molar-refractivity contribution is 0.180. The van der Waals surface area contributed by atoms with Crippen molar-refractivity contribution in [3.05, 3.63) is 10.0 Å². The second kappa shape index (κ2) is 5.12. The maximum atomic E-state index is 11.1. The van der Waals surface area contributed by atoms with E-state index < -0.39 is 10.2 Å². The van der Waals surface area contributed by atoms with Gasteiger partial charge in [-0.15, -0.1) is 5.10 Å². The van der Waals surface area contributed by atoms with Crippen molar-refractivity contribution in [1.82, 2.24) is 18.8 Å². The van der Waals surface area contributed by atoms with Gasteiger partial charge in [0.1, 0.15) is 10.0 Å². The Kier molecular flexibility index (Phi) is 3.95. The Morgan fingerprint density at radius 1 is 1.35 bits per heavy atom. The van der Waals surface area contributed by atoms with Crippen LogP contribution in [0.3, 0.4) is 0 Å². The third-order valence-corrected chi connectivity index (χ3v) is 4.64. The van der Waals surface area contributed by atoms with Crippen LogP contribution in [0.4, 0.5) is 0 Å². The minimum Gasteiger partial charge on any atom is -0.295 e. The van der Waals surface area contributed by atoms with Gasteiger partial charge in [-0.3, -0.25) is 4.90 Å². The molecule has 7 nitrogen and oxygen atoms in total. The molecule has 17 heavy (non-hydrogen) atoms. The van der Waals surface area contributed by atoms with E-state index >= 15 is 0 Å². The highest BCUT2D eigenvalue weighted by Gasteiger charge is 2.24. The van der Waals surface area contributed by atoms with Crippen LogP contribution in [0, 0.1) is 0 Å². The van der Waals surface area contributed by atoms with Crippen molar-refractivity contribution in [3.63, 3.8) is 0 Å². The summed E-state index contributed by atoms with van der Waals surface area (Å²) in [5.41, 5.74) is 0.737. The zero-order valence-corrected chi connectivity index (χ0v) is 11.3. The number of piperazine rings is 1. The summed E-state index contributed by atoms with van der Waals surface area (Å²) in [7, 11) is -3.56. The van der Waals surface area contributed by atoms with Gasteiger partial charge in [0, 0.05) is 44.3 Å². The van der Waals surface area contributed by atoms with E-state index in [0.29, 0.717) is 37.1 Å². The van der Waals surface area contributed by atoms with Gasteiger partial charge < -0.3 is 0 Å². The van der Waals surface area contributed by atoms with Gasteiger partial charge in [-0.2, -0.15) is 12.7 Å². The van der Waals surface area contributed by atoms with Crippen LogP contribution in [0.25, 0.3) is 0 Å².